The van der Waals surface area contributed by atoms with Crippen LogP contribution in [0, 0.1) is 0 Å². The molecule has 0 bridgehead atoms. The highest BCUT2D eigenvalue weighted by atomic mass is 32.2. The van der Waals surface area contributed by atoms with E-state index in [2.05, 4.69) is 20.3 Å². The van der Waals surface area contributed by atoms with Gasteiger partial charge in [-0.05, 0) is 12.8 Å². The lowest BCUT2D eigenvalue weighted by molar-refractivity contribution is 0.385. The minimum Gasteiger partial charge on any atom is -0.374 e. The zero-order valence-electron chi connectivity index (χ0n) is 8.29. The molecule has 0 amide bonds. The molecule has 2 N–H and O–H groups in total. The van der Waals surface area contributed by atoms with Crippen LogP contribution in [-0.2, 0) is 5.75 Å². The highest BCUT2D eigenvalue weighted by molar-refractivity contribution is 8.00. The number of aromatic nitrogens is 4. The molecular formula is C8H9N5OS2. The quantitative estimate of drug-likeness (QED) is 0.831. The van der Waals surface area contributed by atoms with E-state index in [9.17, 15) is 0 Å². The van der Waals surface area contributed by atoms with Crippen molar-refractivity contribution in [1.82, 2.24) is 20.3 Å². The molecule has 3 rings (SSSR count). The molecule has 1 saturated carbocycles. The van der Waals surface area contributed by atoms with Gasteiger partial charge in [-0.3, -0.25) is 0 Å². The Balaban J connectivity index is 1.61. The molecule has 0 spiro atoms. The van der Waals surface area contributed by atoms with E-state index in [0.29, 0.717) is 22.7 Å². The van der Waals surface area contributed by atoms with Gasteiger partial charge in [0.25, 0.3) is 0 Å². The molecule has 16 heavy (non-hydrogen) atoms. The van der Waals surface area contributed by atoms with Crippen LogP contribution in [0.2, 0.25) is 0 Å². The van der Waals surface area contributed by atoms with E-state index in [1.54, 1.807) is 0 Å². The molecule has 0 saturated heterocycles. The molecular weight excluding hydrogens is 246 g/mol. The number of nitrogens with two attached hydrogens (primary N) is 1. The first-order valence-electron chi connectivity index (χ1n) is 4.85. The summed E-state index contributed by atoms with van der Waals surface area (Å²) in [6.45, 7) is 0. The molecule has 8 heteroatoms. The Morgan fingerprint density at radius 1 is 1.44 bits per heavy atom. The molecule has 0 aromatic carbocycles. The van der Waals surface area contributed by atoms with Crippen molar-refractivity contribution in [3.8, 4) is 0 Å². The van der Waals surface area contributed by atoms with Gasteiger partial charge in [0, 0.05) is 5.92 Å². The smallest absolute Gasteiger partial charge is 0.237 e. The Kier molecular flexibility index (Phi) is 2.52. The van der Waals surface area contributed by atoms with Gasteiger partial charge in [-0.25, -0.2) is 0 Å². The first-order chi connectivity index (χ1) is 7.81. The lowest BCUT2D eigenvalue weighted by atomic mass is 10.4. The molecule has 0 unspecified atom stereocenters. The molecule has 2 heterocycles. The van der Waals surface area contributed by atoms with Crippen LogP contribution in [0.3, 0.4) is 0 Å². The molecule has 2 aromatic rings. The van der Waals surface area contributed by atoms with Gasteiger partial charge >= 0.3 is 0 Å². The molecule has 2 aromatic heterocycles. The number of thioether (sulfide) groups is 1. The summed E-state index contributed by atoms with van der Waals surface area (Å²) in [5.41, 5.74) is 5.48. The molecule has 1 fully saturated rings. The Morgan fingerprint density at radius 2 is 2.31 bits per heavy atom. The molecule has 1 aliphatic carbocycles. The Bertz CT molecular complexity index is 492. The van der Waals surface area contributed by atoms with Crippen LogP contribution >= 0.6 is 23.1 Å². The third-order valence-corrected chi connectivity index (χ3v) is 4.04. The van der Waals surface area contributed by atoms with Crippen LogP contribution in [0.1, 0.15) is 30.5 Å². The van der Waals surface area contributed by atoms with Gasteiger partial charge in [0.15, 0.2) is 10.2 Å². The summed E-state index contributed by atoms with van der Waals surface area (Å²) in [5.74, 6) is 2.63. The van der Waals surface area contributed by atoms with Crippen molar-refractivity contribution >= 4 is 28.2 Å². The predicted octanol–water partition coefficient (Wildman–Crippen LogP) is 1.67. The van der Waals surface area contributed by atoms with Crippen LogP contribution in [0.4, 0.5) is 5.13 Å². The number of nitrogens with zero attached hydrogens (tertiary/aromatic N) is 4. The second kappa shape index (κ2) is 4.02. The van der Waals surface area contributed by atoms with Crippen LogP contribution in [0.15, 0.2) is 8.86 Å². The van der Waals surface area contributed by atoms with Crippen LogP contribution < -0.4 is 5.73 Å². The SMILES string of the molecule is Nc1nnc(SCc2nc(C3CC3)no2)s1. The fraction of sp³-hybridized carbons (Fsp3) is 0.500. The standard InChI is InChI=1S/C8H9N5OS2/c9-7-11-12-8(16-7)15-3-5-10-6(13-14-5)4-1-2-4/h4H,1-3H2,(H2,9,11). The maximum Gasteiger partial charge on any atom is 0.237 e. The fourth-order valence-corrected chi connectivity index (χ4v) is 2.71. The second-order valence-electron chi connectivity index (χ2n) is 3.52. The minimum atomic E-state index is 0.478. The summed E-state index contributed by atoms with van der Waals surface area (Å²) in [6, 6.07) is 0. The Morgan fingerprint density at radius 3 is 3.00 bits per heavy atom. The number of hydrogen-bond acceptors (Lipinski definition) is 8. The normalized spacial score (nSPS) is 15.5. The average Bonchev–Trinajstić information content (AvgIpc) is 2.87. The first kappa shape index (κ1) is 10.0. The van der Waals surface area contributed by atoms with Gasteiger partial charge < -0.3 is 10.3 Å². The van der Waals surface area contributed by atoms with E-state index in [0.717, 1.165) is 10.2 Å². The fourth-order valence-electron chi connectivity index (χ4n) is 1.24. The van der Waals surface area contributed by atoms with Gasteiger partial charge in [-0.1, -0.05) is 28.3 Å². The minimum absolute atomic E-state index is 0.478. The van der Waals surface area contributed by atoms with Gasteiger partial charge in [0.1, 0.15) is 0 Å². The van der Waals surface area contributed by atoms with E-state index < -0.39 is 0 Å². The number of hydrogen-bond donors (Lipinski definition) is 1. The van der Waals surface area contributed by atoms with Crippen molar-refractivity contribution in [3.63, 3.8) is 0 Å². The summed E-state index contributed by atoms with van der Waals surface area (Å²) < 4.78 is 5.96. The number of rotatable bonds is 4. The van der Waals surface area contributed by atoms with Crippen molar-refractivity contribution < 1.29 is 4.52 Å². The highest BCUT2D eigenvalue weighted by Gasteiger charge is 2.28. The van der Waals surface area contributed by atoms with E-state index >= 15 is 0 Å². The largest absolute Gasteiger partial charge is 0.374 e. The predicted molar refractivity (Wildman–Crippen MR) is 60.2 cm³/mol. The van der Waals surface area contributed by atoms with Crippen LogP contribution in [-0.4, -0.2) is 20.3 Å². The van der Waals surface area contributed by atoms with Gasteiger partial charge in [0.05, 0.1) is 5.75 Å². The molecule has 84 valence electrons. The van der Waals surface area contributed by atoms with Gasteiger partial charge in [-0.15, -0.1) is 10.2 Å². The average molecular weight is 255 g/mol. The van der Waals surface area contributed by atoms with Crippen molar-refractivity contribution in [2.75, 3.05) is 5.73 Å². The summed E-state index contributed by atoms with van der Waals surface area (Å²) in [4.78, 5) is 4.32. The molecule has 0 radical (unpaired) electrons. The third-order valence-electron chi connectivity index (χ3n) is 2.17. The molecule has 6 nitrogen and oxygen atoms in total. The van der Waals surface area contributed by atoms with Crippen molar-refractivity contribution in [1.29, 1.82) is 0 Å². The van der Waals surface area contributed by atoms with Crippen LogP contribution in [0.5, 0.6) is 0 Å². The summed E-state index contributed by atoms with van der Waals surface area (Å²) in [7, 11) is 0. The zero-order chi connectivity index (χ0) is 11.0. The number of anilines is 1. The third kappa shape index (κ3) is 2.17. The highest BCUT2D eigenvalue weighted by Crippen LogP contribution is 2.38. The first-order valence-corrected chi connectivity index (χ1v) is 6.66. The van der Waals surface area contributed by atoms with Gasteiger partial charge in [-0.2, -0.15) is 4.98 Å². The van der Waals surface area contributed by atoms with E-state index in [1.807, 2.05) is 0 Å². The lowest BCUT2D eigenvalue weighted by Crippen LogP contribution is -1.84. The van der Waals surface area contributed by atoms with Gasteiger partial charge in [0.2, 0.25) is 11.0 Å². The van der Waals surface area contributed by atoms with Crippen molar-refractivity contribution in [2.45, 2.75) is 28.9 Å². The van der Waals surface area contributed by atoms with Crippen LogP contribution in [0.25, 0.3) is 0 Å². The van der Waals surface area contributed by atoms with Crippen molar-refractivity contribution in [2.24, 2.45) is 0 Å². The summed E-state index contributed by atoms with van der Waals surface area (Å²) >= 11 is 2.87. The summed E-state index contributed by atoms with van der Waals surface area (Å²) in [6.07, 6.45) is 2.36. The molecule has 0 atom stereocenters. The maximum atomic E-state index is 5.48. The second-order valence-corrected chi connectivity index (χ2v) is 5.75. The van der Waals surface area contributed by atoms with E-state index in [-0.39, 0.29) is 0 Å². The molecule has 0 aliphatic heterocycles. The van der Waals surface area contributed by atoms with E-state index in [4.69, 9.17) is 10.3 Å². The van der Waals surface area contributed by atoms with E-state index in [1.165, 1.54) is 35.9 Å². The zero-order valence-corrected chi connectivity index (χ0v) is 9.92. The summed E-state index contributed by atoms with van der Waals surface area (Å²) in [5, 5.41) is 12.1. The molecule has 1 aliphatic rings. The lowest BCUT2D eigenvalue weighted by Gasteiger charge is -1.88. The number of nitrogen functional groups attached to an aromatic ring is 1. The Hall–Kier alpha value is -1.15. The maximum absolute atomic E-state index is 5.48. The topological polar surface area (TPSA) is 90.7 Å². The van der Waals surface area contributed by atoms with Crippen molar-refractivity contribution in [3.05, 3.63) is 11.7 Å². The Labute approximate surface area is 99.6 Å². The monoisotopic (exact) mass is 255 g/mol.